The molecule has 1 aliphatic heterocycles. The van der Waals surface area contributed by atoms with Crippen LogP contribution >= 0.6 is 0 Å². The SMILES string of the molecule is COc1ccccc1N1CCN(N=Cc2ccc(F)cc2)CC1. The van der Waals surface area contributed by atoms with E-state index in [1.165, 1.54) is 12.1 Å². The molecule has 23 heavy (non-hydrogen) atoms. The monoisotopic (exact) mass is 313 g/mol. The third-order valence-corrected chi connectivity index (χ3v) is 3.92. The van der Waals surface area contributed by atoms with Gasteiger partial charge in [0.05, 0.1) is 32.1 Å². The third kappa shape index (κ3) is 3.80. The minimum absolute atomic E-state index is 0.229. The molecule has 0 bridgehead atoms. The van der Waals surface area contributed by atoms with Crippen LogP contribution in [0.3, 0.4) is 0 Å². The number of rotatable bonds is 4. The molecule has 2 aromatic rings. The third-order valence-electron chi connectivity index (χ3n) is 3.92. The van der Waals surface area contributed by atoms with Crippen LogP contribution in [0.2, 0.25) is 0 Å². The first-order valence-corrected chi connectivity index (χ1v) is 7.69. The van der Waals surface area contributed by atoms with Crippen molar-refractivity contribution in [1.82, 2.24) is 5.01 Å². The Bertz CT molecular complexity index is 664. The maximum Gasteiger partial charge on any atom is 0.142 e. The summed E-state index contributed by atoms with van der Waals surface area (Å²) in [4.78, 5) is 2.31. The van der Waals surface area contributed by atoms with Gasteiger partial charge < -0.3 is 9.64 Å². The van der Waals surface area contributed by atoms with Gasteiger partial charge in [0.25, 0.3) is 0 Å². The Morgan fingerprint density at radius 3 is 2.39 bits per heavy atom. The van der Waals surface area contributed by atoms with Gasteiger partial charge in [-0.25, -0.2) is 4.39 Å². The molecule has 120 valence electrons. The lowest BCUT2D eigenvalue weighted by atomic mass is 10.2. The molecule has 5 heteroatoms. The topological polar surface area (TPSA) is 28.1 Å². The molecule has 3 rings (SSSR count). The molecule has 0 aliphatic carbocycles. The molecule has 1 aliphatic rings. The molecular formula is C18H20FN3O. The summed E-state index contributed by atoms with van der Waals surface area (Å²) >= 11 is 0. The maximum absolute atomic E-state index is 12.9. The molecular weight excluding hydrogens is 293 g/mol. The molecule has 0 saturated carbocycles. The predicted octanol–water partition coefficient (Wildman–Crippen LogP) is 2.99. The minimum Gasteiger partial charge on any atom is -0.495 e. The first-order chi connectivity index (χ1) is 11.3. The Morgan fingerprint density at radius 1 is 1.00 bits per heavy atom. The van der Waals surface area contributed by atoms with Crippen LogP contribution in [0, 0.1) is 5.82 Å². The van der Waals surface area contributed by atoms with Crippen molar-refractivity contribution in [3.63, 3.8) is 0 Å². The highest BCUT2D eigenvalue weighted by molar-refractivity contribution is 5.79. The fourth-order valence-corrected chi connectivity index (χ4v) is 2.64. The quantitative estimate of drug-likeness (QED) is 0.812. The normalized spacial score (nSPS) is 15.2. The number of hydrogen-bond donors (Lipinski definition) is 0. The summed E-state index contributed by atoms with van der Waals surface area (Å²) < 4.78 is 18.3. The highest BCUT2D eigenvalue weighted by Crippen LogP contribution is 2.28. The molecule has 0 amide bonds. The number of para-hydroxylation sites is 2. The summed E-state index contributed by atoms with van der Waals surface area (Å²) in [7, 11) is 1.70. The van der Waals surface area contributed by atoms with E-state index < -0.39 is 0 Å². The number of benzene rings is 2. The molecule has 0 unspecified atom stereocenters. The molecule has 0 spiro atoms. The van der Waals surface area contributed by atoms with E-state index in [0.29, 0.717) is 0 Å². The van der Waals surface area contributed by atoms with Crippen molar-refractivity contribution in [3.05, 3.63) is 59.9 Å². The molecule has 0 atom stereocenters. The van der Waals surface area contributed by atoms with Gasteiger partial charge in [0.2, 0.25) is 0 Å². The summed E-state index contributed by atoms with van der Waals surface area (Å²) in [6.45, 7) is 3.47. The number of piperazine rings is 1. The van der Waals surface area contributed by atoms with E-state index in [1.54, 1.807) is 25.5 Å². The molecule has 1 saturated heterocycles. The first kappa shape index (κ1) is 15.3. The van der Waals surface area contributed by atoms with Crippen LogP contribution in [0.4, 0.5) is 10.1 Å². The van der Waals surface area contributed by atoms with Crippen molar-refractivity contribution in [2.45, 2.75) is 0 Å². The smallest absolute Gasteiger partial charge is 0.142 e. The highest BCUT2D eigenvalue weighted by Gasteiger charge is 2.18. The van der Waals surface area contributed by atoms with Gasteiger partial charge in [0.1, 0.15) is 11.6 Å². The standard InChI is InChI=1S/C18H20FN3O/c1-23-18-5-3-2-4-17(18)21-10-12-22(13-11-21)20-14-15-6-8-16(19)9-7-15/h2-9,14H,10-13H2,1H3. The lowest BCUT2D eigenvalue weighted by Gasteiger charge is -2.35. The number of anilines is 1. The molecule has 0 radical (unpaired) electrons. The average molecular weight is 313 g/mol. The molecule has 2 aromatic carbocycles. The summed E-state index contributed by atoms with van der Waals surface area (Å²) in [5.74, 6) is 0.670. The van der Waals surface area contributed by atoms with Gasteiger partial charge in [-0.2, -0.15) is 5.10 Å². The number of ether oxygens (including phenoxy) is 1. The van der Waals surface area contributed by atoms with Gasteiger partial charge in [-0.3, -0.25) is 5.01 Å². The zero-order valence-electron chi connectivity index (χ0n) is 13.2. The van der Waals surface area contributed by atoms with Gasteiger partial charge in [0.15, 0.2) is 0 Å². The molecule has 0 N–H and O–H groups in total. The van der Waals surface area contributed by atoms with Crippen LogP contribution in [0.1, 0.15) is 5.56 Å². The van der Waals surface area contributed by atoms with E-state index in [9.17, 15) is 4.39 Å². The number of hydrogen-bond acceptors (Lipinski definition) is 4. The van der Waals surface area contributed by atoms with Crippen molar-refractivity contribution in [3.8, 4) is 5.75 Å². The molecule has 1 heterocycles. The first-order valence-electron chi connectivity index (χ1n) is 7.69. The molecule has 0 aromatic heterocycles. The van der Waals surface area contributed by atoms with Crippen molar-refractivity contribution in [2.75, 3.05) is 38.2 Å². The van der Waals surface area contributed by atoms with Crippen LogP contribution in [0.25, 0.3) is 0 Å². The van der Waals surface area contributed by atoms with E-state index in [1.807, 2.05) is 23.2 Å². The summed E-state index contributed by atoms with van der Waals surface area (Å²) in [5.41, 5.74) is 2.02. The fraction of sp³-hybridized carbons (Fsp3) is 0.278. The van der Waals surface area contributed by atoms with Crippen molar-refractivity contribution >= 4 is 11.9 Å². The predicted molar refractivity (Wildman–Crippen MR) is 90.8 cm³/mol. The van der Waals surface area contributed by atoms with E-state index >= 15 is 0 Å². The Balaban J connectivity index is 1.59. The zero-order valence-corrected chi connectivity index (χ0v) is 13.2. The summed E-state index contributed by atoms with van der Waals surface area (Å²) in [6, 6.07) is 14.4. The lowest BCUT2D eigenvalue weighted by Crippen LogP contribution is -2.44. The van der Waals surface area contributed by atoms with Crippen molar-refractivity contribution in [2.24, 2.45) is 5.10 Å². The molecule has 1 fully saturated rings. The Kier molecular flexibility index (Phi) is 4.76. The second kappa shape index (κ2) is 7.13. The Morgan fingerprint density at radius 2 is 1.70 bits per heavy atom. The van der Waals surface area contributed by atoms with E-state index in [4.69, 9.17) is 4.74 Å². The second-order valence-electron chi connectivity index (χ2n) is 5.41. The number of halogens is 1. The van der Waals surface area contributed by atoms with Gasteiger partial charge >= 0.3 is 0 Å². The van der Waals surface area contributed by atoms with E-state index in [2.05, 4.69) is 16.1 Å². The van der Waals surface area contributed by atoms with E-state index in [0.717, 1.165) is 43.2 Å². The van der Waals surface area contributed by atoms with E-state index in [-0.39, 0.29) is 5.82 Å². The number of nitrogens with zero attached hydrogens (tertiary/aromatic N) is 3. The Hall–Kier alpha value is -2.56. The molecule has 4 nitrogen and oxygen atoms in total. The lowest BCUT2D eigenvalue weighted by molar-refractivity contribution is 0.271. The van der Waals surface area contributed by atoms with Gasteiger partial charge in [0, 0.05) is 13.1 Å². The maximum atomic E-state index is 12.9. The zero-order chi connectivity index (χ0) is 16.1. The van der Waals surface area contributed by atoms with Crippen LogP contribution in [-0.4, -0.2) is 44.5 Å². The van der Waals surface area contributed by atoms with Gasteiger partial charge in [-0.1, -0.05) is 24.3 Å². The average Bonchev–Trinajstić information content (AvgIpc) is 2.62. The van der Waals surface area contributed by atoms with Crippen LogP contribution in [0.15, 0.2) is 53.6 Å². The largest absolute Gasteiger partial charge is 0.495 e. The minimum atomic E-state index is -0.229. The van der Waals surface area contributed by atoms with Gasteiger partial charge in [-0.15, -0.1) is 0 Å². The van der Waals surface area contributed by atoms with Crippen LogP contribution < -0.4 is 9.64 Å². The fourth-order valence-electron chi connectivity index (χ4n) is 2.64. The highest BCUT2D eigenvalue weighted by atomic mass is 19.1. The van der Waals surface area contributed by atoms with Gasteiger partial charge in [-0.05, 0) is 29.8 Å². The Labute approximate surface area is 135 Å². The van der Waals surface area contributed by atoms with Crippen molar-refractivity contribution < 1.29 is 9.13 Å². The number of methoxy groups -OCH3 is 1. The van der Waals surface area contributed by atoms with Crippen molar-refractivity contribution in [1.29, 1.82) is 0 Å². The summed E-state index contributed by atoms with van der Waals surface area (Å²) in [6.07, 6.45) is 1.78. The second-order valence-corrected chi connectivity index (χ2v) is 5.41. The van der Waals surface area contributed by atoms with Crippen LogP contribution in [0.5, 0.6) is 5.75 Å². The summed E-state index contributed by atoms with van der Waals surface area (Å²) in [5, 5.41) is 6.52. The number of hydrazone groups is 1. The van der Waals surface area contributed by atoms with Crippen LogP contribution in [-0.2, 0) is 0 Å².